The first kappa shape index (κ1) is 27.8. The average Bonchev–Trinajstić information content (AvgIpc) is 3.40. The molecule has 2 heterocycles. The van der Waals surface area contributed by atoms with Crippen LogP contribution >= 0.6 is 15.9 Å². The number of likely N-dealkylation sites (N-methyl/N-ethyl adjacent to an activating group) is 1. The number of hydrogen-bond acceptors (Lipinski definition) is 9. The van der Waals surface area contributed by atoms with Crippen LogP contribution in [0.1, 0.15) is 19.5 Å². The number of esters is 1. The topological polar surface area (TPSA) is 120 Å². The minimum absolute atomic E-state index is 0.00205. The highest BCUT2D eigenvalue weighted by molar-refractivity contribution is 9.10. The number of hydrogen-bond donors (Lipinski definition) is 0. The summed E-state index contributed by atoms with van der Waals surface area (Å²) < 4.78 is 75.3. The van der Waals surface area contributed by atoms with E-state index in [4.69, 9.17) is 9.15 Å². The Labute approximate surface area is 213 Å². The summed E-state index contributed by atoms with van der Waals surface area (Å²) in [6.45, 7) is 5.32. The predicted molar refractivity (Wildman–Crippen MR) is 126 cm³/mol. The van der Waals surface area contributed by atoms with E-state index in [1.165, 1.54) is 24.3 Å². The summed E-state index contributed by atoms with van der Waals surface area (Å²) in [5, 5.41) is 11.2. The van der Waals surface area contributed by atoms with Crippen LogP contribution in [0, 0.1) is 0 Å². The largest absolute Gasteiger partial charge is 0.463 e. The molecule has 0 saturated heterocycles. The summed E-state index contributed by atoms with van der Waals surface area (Å²) in [6, 6.07) is 5.65. The van der Waals surface area contributed by atoms with Crippen molar-refractivity contribution in [2.75, 3.05) is 32.5 Å². The summed E-state index contributed by atoms with van der Waals surface area (Å²) in [5.74, 6) is -1.29. The van der Waals surface area contributed by atoms with Gasteiger partial charge in [-0.15, -0.1) is 10.2 Å². The van der Waals surface area contributed by atoms with Crippen molar-refractivity contribution in [2.24, 2.45) is 0 Å². The van der Waals surface area contributed by atoms with Gasteiger partial charge >= 0.3 is 12.1 Å². The van der Waals surface area contributed by atoms with E-state index in [9.17, 15) is 26.4 Å². The third-order valence-electron chi connectivity index (χ3n) is 5.14. The molecule has 0 bridgehead atoms. The van der Waals surface area contributed by atoms with Crippen LogP contribution in [0.4, 0.5) is 13.2 Å². The highest BCUT2D eigenvalue weighted by Crippen LogP contribution is 2.40. The SMILES string of the molecule is CCN(CC)CCOC(=O)Cn1nc(C(F)(F)F)c(Br)c1-c1nnc(-c2cccc(S(C)(=O)=O)c2)o1. The smallest absolute Gasteiger partial charge is 0.436 e. The highest BCUT2D eigenvalue weighted by atomic mass is 79.9. The Morgan fingerprint density at radius 2 is 1.86 bits per heavy atom. The van der Waals surface area contributed by atoms with E-state index in [-0.39, 0.29) is 34.5 Å². The normalized spacial score (nSPS) is 12.3. The lowest BCUT2D eigenvalue weighted by atomic mass is 10.2. The molecule has 0 aliphatic heterocycles. The Morgan fingerprint density at radius 3 is 2.47 bits per heavy atom. The van der Waals surface area contributed by atoms with Gasteiger partial charge in [-0.2, -0.15) is 18.3 Å². The van der Waals surface area contributed by atoms with E-state index >= 15 is 0 Å². The number of nitrogens with zero attached hydrogens (tertiary/aromatic N) is 5. The van der Waals surface area contributed by atoms with Crippen LogP contribution in [0.5, 0.6) is 0 Å². The number of sulfone groups is 1. The van der Waals surface area contributed by atoms with E-state index in [1.54, 1.807) is 0 Å². The lowest BCUT2D eigenvalue weighted by Crippen LogP contribution is -2.28. The second kappa shape index (κ2) is 11.1. The molecule has 196 valence electrons. The number of alkyl halides is 3. The van der Waals surface area contributed by atoms with Gasteiger partial charge in [-0.25, -0.2) is 13.1 Å². The maximum absolute atomic E-state index is 13.5. The monoisotopic (exact) mass is 593 g/mol. The maximum Gasteiger partial charge on any atom is 0.436 e. The summed E-state index contributed by atoms with van der Waals surface area (Å²) in [5.41, 5.74) is -1.32. The van der Waals surface area contributed by atoms with Gasteiger partial charge in [0, 0.05) is 18.4 Å². The van der Waals surface area contributed by atoms with Crippen LogP contribution in [-0.4, -0.2) is 71.8 Å². The van der Waals surface area contributed by atoms with E-state index in [0.29, 0.717) is 6.54 Å². The van der Waals surface area contributed by atoms with Crippen molar-refractivity contribution in [3.05, 3.63) is 34.4 Å². The van der Waals surface area contributed by atoms with Crippen LogP contribution in [0.3, 0.4) is 0 Å². The molecule has 15 heteroatoms. The second-order valence-corrected chi connectivity index (χ2v) is 10.4. The Bertz CT molecular complexity index is 1340. The zero-order valence-corrected chi connectivity index (χ0v) is 21.9. The molecule has 36 heavy (non-hydrogen) atoms. The van der Waals surface area contributed by atoms with Gasteiger partial charge in [-0.3, -0.25) is 4.79 Å². The highest BCUT2D eigenvalue weighted by Gasteiger charge is 2.40. The van der Waals surface area contributed by atoms with E-state index in [2.05, 4.69) is 31.2 Å². The molecule has 3 aromatic rings. The molecule has 0 atom stereocenters. The fraction of sp³-hybridized carbons (Fsp3) is 0.429. The minimum Gasteiger partial charge on any atom is -0.463 e. The average molecular weight is 594 g/mol. The number of halogens is 4. The van der Waals surface area contributed by atoms with Gasteiger partial charge < -0.3 is 14.1 Å². The molecular formula is C21H23BrF3N5O5S. The molecule has 0 fully saturated rings. The van der Waals surface area contributed by atoms with Crippen molar-refractivity contribution >= 4 is 31.7 Å². The second-order valence-electron chi connectivity index (χ2n) is 7.63. The first-order chi connectivity index (χ1) is 16.8. The fourth-order valence-electron chi connectivity index (χ4n) is 3.23. The predicted octanol–water partition coefficient (Wildman–Crippen LogP) is 3.67. The Balaban J connectivity index is 1.93. The van der Waals surface area contributed by atoms with Crippen molar-refractivity contribution in [3.8, 4) is 23.0 Å². The number of rotatable bonds is 10. The quantitative estimate of drug-likeness (QED) is 0.324. The van der Waals surface area contributed by atoms with Crippen molar-refractivity contribution in [1.82, 2.24) is 24.9 Å². The zero-order chi connectivity index (χ0) is 26.7. The summed E-state index contributed by atoms with van der Waals surface area (Å²) >= 11 is 2.89. The number of carbonyl (C=O) groups is 1. The molecule has 0 aliphatic carbocycles. The lowest BCUT2D eigenvalue weighted by Gasteiger charge is -2.17. The molecule has 0 amide bonds. The fourth-order valence-corrected chi connectivity index (χ4v) is 4.58. The maximum atomic E-state index is 13.5. The van der Waals surface area contributed by atoms with Crippen LogP contribution < -0.4 is 0 Å². The van der Waals surface area contributed by atoms with Gasteiger partial charge in [-0.1, -0.05) is 19.9 Å². The summed E-state index contributed by atoms with van der Waals surface area (Å²) in [4.78, 5) is 14.4. The number of aromatic nitrogens is 4. The Morgan fingerprint density at radius 1 is 1.19 bits per heavy atom. The van der Waals surface area contributed by atoms with Gasteiger partial charge in [0.05, 0.1) is 9.37 Å². The first-order valence-electron chi connectivity index (χ1n) is 10.7. The number of benzene rings is 1. The molecule has 0 spiro atoms. The third-order valence-corrected chi connectivity index (χ3v) is 7.01. The number of ether oxygens (including phenoxy) is 1. The molecule has 0 radical (unpaired) electrons. The van der Waals surface area contributed by atoms with Crippen LogP contribution in [-0.2, 0) is 32.1 Å². The van der Waals surface area contributed by atoms with Crippen molar-refractivity contribution in [3.63, 3.8) is 0 Å². The van der Waals surface area contributed by atoms with Crippen molar-refractivity contribution in [1.29, 1.82) is 0 Å². The third kappa shape index (κ3) is 6.50. The van der Waals surface area contributed by atoms with Crippen molar-refractivity contribution < 1.29 is 35.5 Å². The van der Waals surface area contributed by atoms with Crippen molar-refractivity contribution in [2.45, 2.75) is 31.5 Å². The molecule has 2 aromatic heterocycles. The van der Waals surface area contributed by atoms with Crippen LogP contribution in [0.15, 0.2) is 38.1 Å². The van der Waals surface area contributed by atoms with Crippen LogP contribution in [0.25, 0.3) is 23.0 Å². The van der Waals surface area contributed by atoms with E-state index in [1.807, 2.05) is 18.7 Å². The molecule has 3 rings (SSSR count). The number of carbonyl (C=O) groups excluding carboxylic acids is 1. The molecule has 0 saturated carbocycles. The minimum atomic E-state index is -4.84. The summed E-state index contributed by atoms with van der Waals surface area (Å²) in [6.07, 6.45) is -3.81. The van der Waals surface area contributed by atoms with Gasteiger partial charge in [0.15, 0.2) is 15.5 Å². The molecule has 1 aromatic carbocycles. The Hall–Kier alpha value is -2.78. The van der Waals surface area contributed by atoms with Crippen LogP contribution in [0.2, 0.25) is 0 Å². The molecule has 0 N–H and O–H groups in total. The van der Waals surface area contributed by atoms with E-state index < -0.39 is 38.7 Å². The van der Waals surface area contributed by atoms with Gasteiger partial charge in [0.2, 0.25) is 5.89 Å². The molecular weight excluding hydrogens is 571 g/mol. The molecule has 0 aliphatic rings. The molecule has 10 nitrogen and oxygen atoms in total. The van der Waals surface area contributed by atoms with E-state index in [0.717, 1.165) is 24.0 Å². The standard InChI is InChI=1S/C21H23BrF3N5O5S/c1-4-29(5-2)9-10-34-15(31)12-30-17(16(22)18(28-30)21(23,24)25)20-27-26-19(35-20)13-7-6-8-14(11-13)36(3,32)33/h6-8,11H,4-5,9-10,12H2,1-3H3. The zero-order valence-electron chi connectivity index (χ0n) is 19.5. The summed E-state index contributed by atoms with van der Waals surface area (Å²) in [7, 11) is -3.53. The van der Waals surface area contributed by atoms with Gasteiger partial charge in [0.1, 0.15) is 18.8 Å². The molecule has 0 unspecified atom stereocenters. The van der Waals surface area contributed by atoms with Gasteiger partial charge in [0.25, 0.3) is 5.89 Å². The lowest BCUT2D eigenvalue weighted by molar-refractivity contribution is -0.146. The first-order valence-corrected chi connectivity index (χ1v) is 13.4. The Kier molecular flexibility index (Phi) is 8.56. The van der Waals surface area contributed by atoms with Gasteiger partial charge in [-0.05, 0) is 47.2 Å².